The second kappa shape index (κ2) is 4.55. The van der Waals surface area contributed by atoms with Crippen molar-refractivity contribution in [2.75, 3.05) is 0 Å². The first-order chi connectivity index (χ1) is 7.28. The van der Waals surface area contributed by atoms with Gasteiger partial charge in [0, 0.05) is 13.2 Å². The minimum atomic E-state index is -0.478. The van der Waals surface area contributed by atoms with E-state index in [-0.39, 0.29) is 6.04 Å². The molecular weight excluding hydrogens is 206 g/mol. The standard InChI is InChI=1S/C11H19N3O2/c1-8(9-6-7-14(5)13-9)12-10(15)16-11(2,3)4/h6-8H,1-5H3,(H,12,15)/t8-/m0/s1. The summed E-state index contributed by atoms with van der Waals surface area (Å²) in [5, 5.41) is 6.94. The van der Waals surface area contributed by atoms with Gasteiger partial charge in [-0.05, 0) is 33.8 Å². The largest absolute Gasteiger partial charge is 0.444 e. The number of hydrogen-bond acceptors (Lipinski definition) is 3. The van der Waals surface area contributed by atoms with Crippen LogP contribution in [0.2, 0.25) is 0 Å². The van der Waals surface area contributed by atoms with E-state index in [0.717, 1.165) is 5.69 Å². The molecule has 0 saturated carbocycles. The minimum Gasteiger partial charge on any atom is -0.444 e. The SMILES string of the molecule is C[C@H](NC(=O)OC(C)(C)C)c1ccn(C)n1. The average molecular weight is 225 g/mol. The Balaban J connectivity index is 2.52. The molecule has 0 fully saturated rings. The molecule has 0 spiro atoms. The molecule has 0 aliphatic heterocycles. The van der Waals surface area contributed by atoms with Crippen LogP contribution in [0.3, 0.4) is 0 Å². The summed E-state index contributed by atoms with van der Waals surface area (Å²) in [6, 6.07) is 1.71. The van der Waals surface area contributed by atoms with Crippen LogP contribution in [0, 0.1) is 0 Å². The predicted octanol–water partition coefficient (Wildman–Crippen LogP) is 2.01. The van der Waals surface area contributed by atoms with Crippen LogP contribution in [0.25, 0.3) is 0 Å². The van der Waals surface area contributed by atoms with E-state index in [1.54, 1.807) is 4.68 Å². The van der Waals surface area contributed by atoms with E-state index in [9.17, 15) is 4.79 Å². The Morgan fingerprint density at radius 1 is 1.56 bits per heavy atom. The number of alkyl carbamates (subject to hydrolysis) is 1. The summed E-state index contributed by atoms with van der Waals surface area (Å²) in [5.74, 6) is 0. The van der Waals surface area contributed by atoms with E-state index >= 15 is 0 Å². The lowest BCUT2D eigenvalue weighted by atomic mass is 10.2. The minimum absolute atomic E-state index is 0.156. The van der Waals surface area contributed by atoms with E-state index in [1.165, 1.54) is 0 Å². The molecule has 1 aromatic heterocycles. The van der Waals surface area contributed by atoms with Gasteiger partial charge in [-0.3, -0.25) is 4.68 Å². The van der Waals surface area contributed by atoms with Crippen LogP contribution in [0.5, 0.6) is 0 Å². The molecule has 90 valence electrons. The van der Waals surface area contributed by atoms with Gasteiger partial charge < -0.3 is 10.1 Å². The lowest BCUT2D eigenvalue weighted by Crippen LogP contribution is -2.34. The Hall–Kier alpha value is -1.52. The monoisotopic (exact) mass is 225 g/mol. The molecule has 1 aromatic rings. The summed E-state index contributed by atoms with van der Waals surface area (Å²) in [7, 11) is 1.84. The van der Waals surface area contributed by atoms with Gasteiger partial charge in [-0.1, -0.05) is 0 Å². The van der Waals surface area contributed by atoms with E-state index in [2.05, 4.69) is 10.4 Å². The summed E-state index contributed by atoms with van der Waals surface area (Å²) in [4.78, 5) is 11.5. The highest BCUT2D eigenvalue weighted by molar-refractivity contribution is 5.68. The average Bonchev–Trinajstić information content (AvgIpc) is 2.47. The van der Waals surface area contributed by atoms with Crippen LogP contribution in [0.1, 0.15) is 39.4 Å². The first kappa shape index (κ1) is 12.5. The lowest BCUT2D eigenvalue weighted by molar-refractivity contribution is 0.0507. The summed E-state index contributed by atoms with van der Waals surface area (Å²) < 4.78 is 6.85. The predicted molar refractivity (Wildman–Crippen MR) is 61.0 cm³/mol. The first-order valence-corrected chi connectivity index (χ1v) is 5.27. The highest BCUT2D eigenvalue weighted by atomic mass is 16.6. The number of nitrogens with zero attached hydrogens (tertiary/aromatic N) is 2. The molecule has 0 aromatic carbocycles. The zero-order valence-electron chi connectivity index (χ0n) is 10.4. The first-order valence-electron chi connectivity index (χ1n) is 5.27. The van der Waals surface area contributed by atoms with Crippen molar-refractivity contribution in [3.05, 3.63) is 18.0 Å². The molecular formula is C11H19N3O2. The van der Waals surface area contributed by atoms with Crippen molar-refractivity contribution in [3.8, 4) is 0 Å². The maximum atomic E-state index is 11.5. The number of amides is 1. The van der Waals surface area contributed by atoms with Crippen molar-refractivity contribution < 1.29 is 9.53 Å². The van der Waals surface area contributed by atoms with E-state index in [4.69, 9.17) is 4.74 Å². The zero-order chi connectivity index (χ0) is 12.3. The maximum Gasteiger partial charge on any atom is 0.408 e. The third-order valence-corrected chi connectivity index (χ3v) is 1.91. The summed E-state index contributed by atoms with van der Waals surface area (Å²) >= 11 is 0. The number of nitrogens with one attached hydrogen (secondary N) is 1. The van der Waals surface area contributed by atoms with Crippen LogP contribution in [-0.4, -0.2) is 21.5 Å². The summed E-state index contributed by atoms with van der Waals surface area (Å²) in [6.07, 6.45) is 1.41. The summed E-state index contributed by atoms with van der Waals surface area (Å²) in [5.41, 5.74) is 0.335. The molecule has 5 heteroatoms. The molecule has 1 atom stereocenters. The Kier molecular flexibility index (Phi) is 3.57. The van der Waals surface area contributed by atoms with Crippen LogP contribution < -0.4 is 5.32 Å². The van der Waals surface area contributed by atoms with Gasteiger partial charge in [0.2, 0.25) is 0 Å². The van der Waals surface area contributed by atoms with Gasteiger partial charge in [0.05, 0.1) is 11.7 Å². The van der Waals surface area contributed by atoms with Crippen molar-refractivity contribution in [1.82, 2.24) is 15.1 Å². The molecule has 0 aliphatic carbocycles. The fraction of sp³-hybridized carbons (Fsp3) is 0.636. The molecule has 0 unspecified atom stereocenters. The van der Waals surface area contributed by atoms with Gasteiger partial charge in [0.25, 0.3) is 0 Å². The van der Waals surface area contributed by atoms with Gasteiger partial charge in [-0.15, -0.1) is 0 Å². The van der Waals surface area contributed by atoms with Gasteiger partial charge in [0.1, 0.15) is 5.60 Å². The molecule has 1 heterocycles. The topological polar surface area (TPSA) is 56.1 Å². The number of carbonyl (C=O) groups excluding carboxylic acids is 1. The highest BCUT2D eigenvalue weighted by Crippen LogP contribution is 2.11. The van der Waals surface area contributed by atoms with E-state index in [1.807, 2.05) is 47.0 Å². The number of carbonyl (C=O) groups is 1. The molecule has 1 N–H and O–H groups in total. The maximum absolute atomic E-state index is 11.5. The Morgan fingerprint density at radius 3 is 2.62 bits per heavy atom. The third-order valence-electron chi connectivity index (χ3n) is 1.91. The number of rotatable bonds is 2. The number of aryl methyl sites for hydroxylation is 1. The van der Waals surface area contributed by atoms with Gasteiger partial charge in [-0.2, -0.15) is 5.10 Å². The summed E-state index contributed by atoms with van der Waals surface area (Å²) in [6.45, 7) is 7.36. The molecule has 0 aliphatic rings. The van der Waals surface area contributed by atoms with Gasteiger partial charge in [0.15, 0.2) is 0 Å². The second-order valence-corrected chi connectivity index (χ2v) is 4.78. The van der Waals surface area contributed by atoms with Crippen molar-refractivity contribution >= 4 is 6.09 Å². The van der Waals surface area contributed by atoms with E-state index in [0.29, 0.717) is 0 Å². The van der Waals surface area contributed by atoms with Gasteiger partial charge in [-0.25, -0.2) is 4.79 Å². The Bertz CT molecular complexity index is 366. The van der Waals surface area contributed by atoms with Crippen LogP contribution in [0.15, 0.2) is 12.3 Å². The van der Waals surface area contributed by atoms with Crippen molar-refractivity contribution in [3.63, 3.8) is 0 Å². The number of ether oxygens (including phenoxy) is 1. The number of aromatic nitrogens is 2. The normalized spacial score (nSPS) is 13.3. The molecule has 1 rings (SSSR count). The molecule has 5 nitrogen and oxygen atoms in total. The van der Waals surface area contributed by atoms with Crippen LogP contribution in [0.4, 0.5) is 4.79 Å². The Labute approximate surface area is 95.8 Å². The molecule has 16 heavy (non-hydrogen) atoms. The molecule has 0 bridgehead atoms. The fourth-order valence-electron chi connectivity index (χ4n) is 1.22. The molecule has 0 radical (unpaired) electrons. The van der Waals surface area contributed by atoms with E-state index < -0.39 is 11.7 Å². The van der Waals surface area contributed by atoms with Crippen molar-refractivity contribution in [1.29, 1.82) is 0 Å². The fourth-order valence-corrected chi connectivity index (χ4v) is 1.22. The number of hydrogen-bond donors (Lipinski definition) is 1. The molecule has 1 amide bonds. The smallest absolute Gasteiger partial charge is 0.408 e. The lowest BCUT2D eigenvalue weighted by Gasteiger charge is -2.21. The van der Waals surface area contributed by atoms with Crippen LogP contribution in [-0.2, 0) is 11.8 Å². The van der Waals surface area contributed by atoms with Crippen molar-refractivity contribution in [2.24, 2.45) is 7.05 Å². The van der Waals surface area contributed by atoms with Gasteiger partial charge >= 0.3 is 6.09 Å². The van der Waals surface area contributed by atoms with Crippen LogP contribution >= 0.6 is 0 Å². The van der Waals surface area contributed by atoms with Crippen molar-refractivity contribution in [2.45, 2.75) is 39.3 Å². The Morgan fingerprint density at radius 2 is 2.19 bits per heavy atom. The zero-order valence-corrected chi connectivity index (χ0v) is 10.4. The molecule has 0 saturated heterocycles. The highest BCUT2D eigenvalue weighted by Gasteiger charge is 2.18. The third kappa shape index (κ3) is 3.92. The quantitative estimate of drug-likeness (QED) is 0.837. The second-order valence-electron chi connectivity index (χ2n) is 4.78.